The van der Waals surface area contributed by atoms with Gasteiger partial charge in [0.1, 0.15) is 11.5 Å². The smallest absolute Gasteiger partial charge is 0.267 e. The van der Waals surface area contributed by atoms with Crippen molar-refractivity contribution in [2.45, 2.75) is 19.4 Å². The molecule has 31 heavy (non-hydrogen) atoms. The molecule has 9 heteroatoms. The predicted octanol–water partition coefficient (Wildman–Crippen LogP) is 4.61. The van der Waals surface area contributed by atoms with Crippen molar-refractivity contribution in [1.29, 1.82) is 0 Å². The minimum Gasteiger partial charge on any atom is -0.495 e. The van der Waals surface area contributed by atoms with Gasteiger partial charge in [-0.3, -0.25) is 9.59 Å². The van der Waals surface area contributed by atoms with Gasteiger partial charge in [-0.2, -0.15) is 0 Å². The van der Waals surface area contributed by atoms with Crippen LogP contribution in [0.3, 0.4) is 0 Å². The standard InChI is InChI=1S/C22H20ClN3O4S/c1-13-21(28)26(17-5-3-4-6-19(17)30-13)10-9-20(27)25-22-24-16(12-31-22)14-7-8-18(29-2)15(23)11-14/h3-8,11-13H,9-10H2,1-2H3,(H,24,25,27)/t13-/m0/s1. The molecule has 0 bridgehead atoms. The van der Waals surface area contributed by atoms with Crippen LogP contribution in [0.4, 0.5) is 10.8 Å². The summed E-state index contributed by atoms with van der Waals surface area (Å²) in [6.07, 6.45) is -0.452. The normalized spacial score (nSPS) is 15.3. The van der Waals surface area contributed by atoms with Crippen molar-refractivity contribution in [2.24, 2.45) is 0 Å². The molecule has 1 N–H and O–H groups in total. The molecule has 0 saturated heterocycles. The Kier molecular flexibility index (Phi) is 6.11. The SMILES string of the molecule is COc1ccc(-c2csc(NC(=O)CCN3C(=O)[C@H](C)Oc4ccccc43)n2)cc1Cl. The van der Waals surface area contributed by atoms with Crippen LogP contribution < -0.4 is 19.7 Å². The zero-order valence-corrected chi connectivity index (χ0v) is 18.5. The Morgan fingerprint density at radius 1 is 1.32 bits per heavy atom. The first-order chi connectivity index (χ1) is 15.0. The van der Waals surface area contributed by atoms with Gasteiger partial charge in [-0.15, -0.1) is 11.3 Å². The van der Waals surface area contributed by atoms with Crippen LogP contribution in [0.5, 0.6) is 11.5 Å². The van der Waals surface area contributed by atoms with Gasteiger partial charge < -0.3 is 19.7 Å². The predicted molar refractivity (Wildman–Crippen MR) is 121 cm³/mol. The number of fused-ring (bicyclic) bond motifs is 1. The molecule has 160 valence electrons. The number of ether oxygens (including phenoxy) is 2. The fraction of sp³-hybridized carbons (Fsp3) is 0.227. The monoisotopic (exact) mass is 457 g/mol. The number of carbonyl (C=O) groups excluding carboxylic acids is 2. The minimum absolute atomic E-state index is 0.135. The summed E-state index contributed by atoms with van der Waals surface area (Å²) in [7, 11) is 1.56. The van der Waals surface area contributed by atoms with E-state index in [1.807, 2.05) is 35.7 Å². The summed E-state index contributed by atoms with van der Waals surface area (Å²) < 4.78 is 10.8. The number of benzene rings is 2. The summed E-state index contributed by atoms with van der Waals surface area (Å²) in [5.74, 6) is 0.831. The van der Waals surface area contributed by atoms with E-state index in [2.05, 4.69) is 10.3 Å². The fourth-order valence-electron chi connectivity index (χ4n) is 3.27. The molecule has 7 nitrogen and oxygen atoms in total. The van der Waals surface area contributed by atoms with E-state index < -0.39 is 6.10 Å². The number of carbonyl (C=O) groups is 2. The van der Waals surface area contributed by atoms with E-state index in [9.17, 15) is 9.59 Å². The van der Waals surface area contributed by atoms with E-state index in [4.69, 9.17) is 21.1 Å². The Hall–Kier alpha value is -3.10. The lowest BCUT2D eigenvalue weighted by molar-refractivity contribution is -0.125. The van der Waals surface area contributed by atoms with Gasteiger partial charge in [-0.25, -0.2) is 4.98 Å². The van der Waals surface area contributed by atoms with Gasteiger partial charge in [0.15, 0.2) is 11.2 Å². The second kappa shape index (κ2) is 8.95. The summed E-state index contributed by atoms with van der Waals surface area (Å²) in [6.45, 7) is 1.95. The maximum absolute atomic E-state index is 12.5. The summed E-state index contributed by atoms with van der Waals surface area (Å²) >= 11 is 7.50. The summed E-state index contributed by atoms with van der Waals surface area (Å²) in [4.78, 5) is 31.1. The number of methoxy groups -OCH3 is 1. The molecule has 1 aromatic heterocycles. The number of hydrogen-bond donors (Lipinski definition) is 1. The van der Waals surface area contributed by atoms with Crippen molar-refractivity contribution in [3.63, 3.8) is 0 Å². The number of rotatable bonds is 6. The Balaban J connectivity index is 1.40. The largest absolute Gasteiger partial charge is 0.495 e. The molecule has 2 aromatic carbocycles. The van der Waals surface area contributed by atoms with E-state index in [0.717, 1.165) is 5.56 Å². The van der Waals surface area contributed by atoms with Crippen molar-refractivity contribution in [1.82, 2.24) is 4.98 Å². The minimum atomic E-state index is -0.587. The number of nitrogens with zero attached hydrogens (tertiary/aromatic N) is 2. The summed E-state index contributed by atoms with van der Waals surface area (Å²) in [5, 5.41) is 5.61. The summed E-state index contributed by atoms with van der Waals surface area (Å²) in [6, 6.07) is 12.7. The first-order valence-corrected chi connectivity index (χ1v) is 10.9. The van der Waals surface area contributed by atoms with Crippen LogP contribution in [-0.4, -0.2) is 36.6 Å². The summed E-state index contributed by atoms with van der Waals surface area (Å²) in [5.41, 5.74) is 2.20. The fourth-order valence-corrected chi connectivity index (χ4v) is 4.27. The van der Waals surface area contributed by atoms with Gasteiger partial charge in [0.2, 0.25) is 5.91 Å². The number of aromatic nitrogens is 1. The third kappa shape index (κ3) is 4.50. The van der Waals surface area contributed by atoms with Crippen molar-refractivity contribution in [2.75, 3.05) is 23.9 Å². The topological polar surface area (TPSA) is 80.8 Å². The molecule has 4 rings (SSSR count). The van der Waals surface area contributed by atoms with Crippen LogP contribution in [0.15, 0.2) is 47.8 Å². The highest BCUT2D eigenvalue weighted by molar-refractivity contribution is 7.14. The lowest BCUT2D eigenvalue weighted by atomic mass is 10.1. The molecule has 0 saturated carbocycles. The molecule has 3 aromatic rings. The van der Waals surface area contributed by atoms with Crippen LogP contribution in [0.25, 0.3) is 11.3 Å². The number of anilines is 2. The maximum Gasteiger partial charge on any atom is 0.267 e. The maximum atomic E-state index is 12.5. The van der Waals surface area contributed by atoms with Crippen molar-refractivity contribution in [3.8, 4) is 22.8 Å². The molecule has 0 radical (unpaired) electrons. The average molecular weight is 458 g/mol. The van der Waals surface area contributed by atoms with Gasteiger partial charge >= 0.3 is 0 Å². The van der Waals surface area contributed by atoms with Gasteiger partial charge in [0.25, 0.3) is 5.91 Å². The average Bonchev–Trinajstić information content (AvgIpc) is 3.22. The molecule has 0 fully saturated rings. The molecular weight excluding hydrogens is 438 g/mol. The van der Waals surface area contributed by atoms with E-state index in [0.29, 0.717) is 33.0 Å². The third-order valence-corrected chi connectivity index (χ3v) is 5.89. The first kappa shape index (κ1) is 21.1. The van der Waals surface area contributed by atoms with Gasteiger partial charge in [0.05, 0.1) is 23.5 Å². The molecule has 2 amide bonds. The number of hydrogen-bond acceptors (Lipinski definition) is 6. The molecule has 1 atom stereocenters. The highest BCUT2D eigenvalue weighted by atomic mass is 35.5. The molecule has 1 aliphatic heterocycles. The number of halogens is 1. The van der Waals surface area contributed by atoms with E-state index in [-0.39, 0.29) is 24.8 Å². The lowest BCUT2D eigenvalue weighted by Crippen LogP contribution is -2.45. The highest BCUT2D eigenvalue weighted by Crippen LogP contribution is 2.34. The van der Waals surface area contributed by atoms with E-state index >= 15 is 0 Å². The number of amides is 2. The number of para-hydroxylation sites is 2. The van der Waals surface area contributed by atoms with Crippen LogP contribution in [-0.2, 0) is 9.59 Å². The highest BCUT2D eigenvalue weighted by Gasteiger charge is 2.31. The van der Waals surface area contributed by atoms with Gasteiger partial charge in [-0.05, 0) is 37.3 Å². The van der Waals surface area contributed by atoms with Crippen molar-refractivity contribution in [3.05, 3.63) is 52.9 Å². The zero-order chi connectivity index (χ0) is 22.0. The molecule has 2 heterocycles. The van der Waals surface area contributed by atoms with Crippen molar-refractivity contribution >= 4 is 45.6 Å². The Bertz CT molecular complexity index is 1130. The third-order valence-electron chi connectivity index (χ3n) is 4.83. The molecule has 0 spiro atoms. The zero-order valence-electron chi connectivity index (χ0n) is 16.9. The molecule has 0 unspecified atom stereocenters. The van der Waals surface area contributed by atoms with E-state index in [1.165, 1.54) is 11.3 Å². The van der Waals surface area contributed by atoms with Crippen LogP contribution in [0.1, 0.15) is 13.3 Å². The van der Waals surface area contributed by atoms with E-state index in [1.54, 1.807) is 31.1 Å². The quantitative estimate of drug-likeness (QED) is 0.584. The molecule has 1 aliphatic rings. The number of nitrogens with one attached hydrogen (secondary N) is 1. The van der Waals surface area contributed by atoms with Crippen molar-refractivity contribution < 1.29 is 19.1 Å². The van der Waals surface area contributed by atoms with Crippen LogP contribution >= 0.6 is 22.9 Å². The Morgan fingerprint density at radius 3 is 2.90 bits per heavy atom. The van der Waals surface area contributed by atoms with Crippen LogP contribution in [0.2, 0.25) is 5.02 Å². The van der Waals surface area contributed by atoms with Crippen LogP contribution in [0, 0.1) is 0 Å². The Morgan fingerprint density at radius 2 is 2.13 bits per heavy atom. The first-order valence-electron chi connectivity index (χ1n) is 9.62. The molecule has 0 aliphatic carbocycles. The van der Waals surface area contributed by atoms with Gasteiger partial charge in [0, 0.05) is 23.9 Å². The number of thiazole rings is 1. The molecular formula is C22H20ClN3O4S. The van der Waals surface area contributed by atoms with Gasteiger partial charge in [-0.1, -0.05) is 23.7 Å². The Labute approximate surface area is 188 Å². The second-order valence-corrected chi connectivity index (χ2v) is 8.17. The lowest BCUT2D eigenvalue weighted by Gasteiger charge is -2.32. The second-order valence-electron chi connectivity index (χ2n) is 6.90.